The molecule has 0 aliphatic rings. The van der Waals surface area contributed by atoms with E-state index in [0.29, 0.717) is 35.3 Å². The average Bonchev–Trinajstić information content (AvgIpc) is 0.849. The molecule has 16 amide bonds. The van der Waals surface area contributed by atoms with Crippen LogP contribution >= 0.6 is 11.8 Å². The number of carboxylic acid groups (broad SMARTS) is 3. The number of carbonyl (C=O) groups excluding carboxylic acids is 16. The molecule has 0 heterocycles. The minimum Gasteiger partial charge on any atom is -0.481 e. The molecule has 3 aromatic carbocycles. The molecule has 0 spiro atoms. The topological polar surface area (TPSA) is 875 Å². The highest BCUT2D eigenvalue weighted by molar-refractivity contribution is 7.98. The number of thioether (sulfide) groups is 1. The van der Waals surface area contributed by atoms with Gasteiger partial charge in [-0.15, -0.1) is 0 Å². The Morgan fingerprint density at radius 3 is 0.946 bits per heavy atom. The number of carbonyl (C=O) groups is 19. The van der Waals surface area contributed by atoms with Crippen molar-refractivity contribution < 1.29 is 112 Å². The molecule has 52 heteroatoms. The molecule has 0 bridgehead atoms. The number of hydrogen-bond acceptors (Lipinski definition) is 27. The number of aliphatic hydroxyl groups is 1. The summed E-state index contributed by atoms with van der Waals surface area (Å²) < 4.78 is 0. The maximum Gasteiger partial charge on any atom is 0.326 e. The summed E-state index contributed by atoms with van der Waals surface area (Å²) in [5.74, 6) is -22.9. The Morgan fingerprint density at radius 2 is 0.617 bits per heavy atom. The van der Waals surface area contributed by atoms with Gasteiger partial charge < -0.3 is 156 Å². The summed E-state index contributed by atoms with van der Waals surface area (Å²) in [4.78, 5) is 268. The first kappa shape index (κ1) is 129. The van der Waals surface area contributed by atoms with E-state index in [0.717, 1.165) is 0 Å². The Kier molecular flexibility index (Phi) is 60.9. The fourth-order valence-corrected chi connectivity index (χ4v) is 15.8. The Balaban J connectivity index is 2.12. The molecular weight excluding hydrogens is 1960 g/mol. The molecule has 0 unspecified atom stereocenters. The molecule has 0 aliphatic carbocycles. The van der Waals surface area contributed by atoms with Gasteiger partial charge in [-0.2, -0.15) is 11.8 Å². The number of carboxylic acids is 3. The third-order valence-corrected chi connectivity index (χ3v) is 24.2. The fraction of sp³-hybridized carbons (Fsp3) is 0.588. The van der Waals surface area contributed by atoms with Crippen LogP contribution in [0.4, 0.5) is 0 Å². The Labute approximate surface area is 870 Å². The van der Waals surface area contributed by atoms with E-state index in [-0.39, 0.29) is 160 Å². The third kappa shape index (κ3) is 52.2. The van der Waals surface area contributed by atoms with Crippen LogP contribution in [0.3, 0.4) is 0 Å². The monoisotopic (exact) mass is 2110 g/mol. The largest absolute Gasteiger partial charge is 0.481 e. The average molecular weight is 2110 g/mol. The second kappa shape index (κ2) is 70.4. The number of aliphatic carboxylic acids is 3. The Bertz CT molecular complexity index is 4860. The van der Waals surface area contributed by atoms with Crippen LogP contribution in [-0.4, -0.2) is 299 Å². The van der Waals surface area contributed by atoms with Gasteiger partial charge >= 0.3 is 17.9 Å². The molecule has 0 saturated carbocycles. The normalized spacial score (nSPS) is 14.5. The van der Waals surface area contributed by atoms with Gasteiger partial charge in [-0.05, 0) is 169 Å². The van der Waals surface area contributed by atoms with Crippen LogP contribution < -0.4 is 136 Å². The van der Waals surface area contributed by atoms with E-state index < -0.39 is 265 Å². The molecule has 17 atom stereocenters. The second-order valence-electron chi connectivity index (χ2n) is 37.0. The lowest BCUT2D eigenvalue weighted by molar-refractivity contribution is -0.143. The number of nitrogens with two attached hydrogens (primary N) is 7. The number of hydrogen-bond donors (Lipinski definition) is 32. The number of aliphatic hydroxyl groups excluding tert-OH is 1. The molecule has 0 saturated heterocycles. The van der Waals surface area contributed by atoms with E-state index in [1.54, 1.807) is 139 Å². The maximum atomic E-state index is 15.3. The van der Waals surface area contributed by atoms with Gasteiger partial charge in [0.15, 0.2) is 17.9 Å². The fourth-order valence-electron chi connectivity index (χ4n) is 15.3. The van der Waals surface area contributed by atoms with E-state index in [1.807, 2.05) is 0 Å². The highest BCUT2D eigenvalue weighted by atomic mass is 32.2. The van der Waals surface area contributed by atoms with Crippen molar-refractivity contribution >= 4 is 142 Å². The van der Waals surface area contributed by atoms with E-state index >= 15 is 28.8 Å². The predicted molar refractivity (Wildman–Crippen MR) is 554 cm³/mol. The summed E-state index contributed by atoms with van der Waals surface area (Å²) in [6, 6.07) is -1.07. The van der Waals surface area contributed by atoms with Crippen molar-refractivity contribution in [2.45, 2.75) is 292 Å². The molecular formula is C97H156N28O23S. The lowest BCUT2D eigenvalue weighted by Crippen LogP contribution is -2.62. The third-order valence-electron chi connectivity index (χ3n) is 23.6. The zero-order valence-electron chi connectivity index (χ0n) is 85.5. The highest BCUT2D eigenvalue weighted by Gasteiger charge is 2.41. The first-order chi connectivity index (χ1) is 70.6. The SMILES string of the molecule is CC[C@H](C)[C@H](NC(=O)[C@H](Cc1ccccc1)NC(=O)[C@H](CC(=O)O)NC(=O)[C@H](CCCNC(=N)N)NC(=O)[C@H](Cc1ccccc1)NC(=O)[C@H](Cc1ccccc1)NC(=O)[C@H](CCCCN)NC(=O)[C@H](CO)NC(=O)[C@H](CC(C)C)NC(=O)[C@H](CCCNC(=N)N)NC(=O)[C@H](CCSC)NC(=O)[C@@H](N)CCC(=O)O)C(=O)N[C@@H](CC(C)C)C(=O)N[C@@H](CCC(N)=O)C(=O)N[C@@H](CCCNC(=N)N)C(=O)N[C@@H](CCCCN)C(=O)O. The summed E-state index contributed by atoms with van der Waals surface area (Å²) in [7, 11) is 0. The van der Waals surface area contributed by atoms with Gasteiger partial charge in [0.05, 0.1) is 19.1 Å². The van der Waals surface area contributed by atoms with Crippen molar-refractivity contribution in [1.82, 2.24) is 95.7 Å². The van der Waals surface area contributed by atoms with Gasteiger partial charge in [-0.25, -0.2) is 4.79 Å². The molecule has 39 N–H and O–H groups in total. The number of rotatable bonds is 75. The summed E-state index contributed by atoms with van der Waals surface area (Å²) in [5, 5.41) is 110. The molecule has 3 aromatic rings. The molecule has 3 rings (SSSR count). The molecule has 0 fully saturated rings. The lowest BCUT2D eigenvalue weighted by Gasteiger charge is -2.30. The van der Waals surface area contributed by atoms with Gasteiger partial charge in [-0.1, -0.05) is 139 Å². The van der Waals surface area contributed by atoms with Crippen molar-refractivity contribution in [2.75, 3.05) is 51.3 Å². The number of benzene rings is 3. The van der Waals surface area contributed by atoms with Crippen LogP contribution in [0.15, 0.2) is 91.0 Å². The minimum atomic E-state index is -2.09. The van der Waals surface area contributed by atoms with E-state index in [9.17, 15) is 82.8 Å². The van der Waals surface area contributed by atoms with Crippen LogP contribution in [0.1, 0.15) is 193 Å². The van der Waals surface area contributed by atoms with Crippen molar-refractivity contribution in [3.8, 4) is 0 Å². The van der Waals surface area contributed by atoms with Crippen molar-refractivity contribution in [3.05, 3.63) is 108 Å². The van der Waals surface area contributed by atoms with Crippen molar-refractivity contribution in [3.63, 3.8) is 0 Å². The molecule has 0 aromatic heterocycles. The Morgan fingerprint density at radius 1 is 0.329 bits per heavy atom. The van der Waals surface area contributed by atoms with Gasteiger partial charge in [0.2, 0.25) is 94.5 Å². The molecule has 0 radical (unpaired) electrons. The van der Waals surface area contributed by atoms with Crippen LogP contribution in [0.5, 0.6) is 0 Å². The standard InChI is InChI=1S/C97H156N28O23S/c1-8-56(6)78(93(146)123-69(48-55(4)5)86(139)116-65(37-38-75(101)127)84(137)112-62(33-22-43-108-95(102)103)80(133)117-67(94(147)148)32-19-21-42-99)125-91(144)72(51-59-29-16-11-17-30-59)121-90(143)73(52-77(130)131)122-83(136)64(35-24-45-110-97(106)107)114-88(141)70(49-57-25-12-9-13-26-57)120-89(142)71(50-58-27-14-10-15-28-58)119-81(134)61(31-18-20-41-98)115-92(145)74(53-126)124-87(140)68(47-54(2)3)118-82(135)63(34-23-44-109-96(104)105)113-85(138)66(40-46-149-7)111-79(132)60(100)36-39-76(128)129/h9-17,25-30,54-56,60-74,78,126H,8,18-24,31-53,98-100H2,1-7H3,(H2,101,127)(H,111,132)(H,112,137)(H,113,138)(H,114,141)(H,115,145)(H,116,139)(H,117,133)(H,118,135)(H,119,134)(H,120,142)(H,121,143)(H,122,136)(H,123,146)(H,124,140)(H,125,144)(H,128,129)(H,130,131)(H,147,148)(H4,102,103,108)(H4,104,105,109)(H4,106,107,110)/t56-,60-,61-,62-,63-,64-,65-,66-,67-,68-,69-,70-,71-,72-,73-,74-,78-/m0/s1. The van der Waals surface area contributed by atoms with Gasteiger partial charge in [0.25, 0.3) is 0 Å². The first-order valence-electron chi connectivity index (χ1n) is 49.8. The number of unbranched alkanes of at least 4 members (excludes halogenated alkanes) is 2. The minimum absolute atomic E-state index is 0.0238. The van der Waals surface area contributed by atoms with Gasteiger partial charge in [-0.3, -0.25) is 103 Å². The lowest BCUT2D eigenvalue weighted by atomic mass is 9.95. The van der Waals surface area contributed by atoms with Crippen LogP contribution in [0.2, 0.25) is 0 Å². The predicted octanol–water partition coefficient (Wildman–Crippen LogP) is -5.07. The summed E-state index contributed by atoms with van der Waals surface area (Å²) in [6.45, 7) is 9.30. The number of primary amides is 1. The number of amides is 16. The highest BCUT2D eigenvalue weighted by Crippen LogP contribution is 2.19. The quantitative estimate of drug-likeness (QED) is 0.0143. The molecule has 0 aliphatic heterocycles. The molecule has 149 heavy (non-hydrogen) atoms. The Hall–Kier alpha value is -14.4. The molecule has 51 nitrogen and oxygen atoms in total. The van der Waals surface area contributed by atoms with Crippen molar-refractivity contribution in [2.24, 2.45) is 57.9 Å². The van der Waals surface area contributed by atoms with Crippen LogP contribution in [0, 0.1) is 34.0 Å². The van der Waals surface area contributed by atoms with Gasteiger partial charge in [0, 0.05) is 51.7 Å². The second-order valence-corrected chi connectivity index (χ2v) is 38.0. The molecule has 828 valence electrons. The smallest absolute Gasteiger partial charge is 0.326 e. The number of guanidine groups is 3. The summed E-state index contributed by atoms with van der Waals surface area (Å²) in [6.07, 6.45) is -1.66. The maximum absolute atomic E-state index is 15.3. The van der Waals surface area contributed by atoms with Crippen LogP contribution in [0.25, 0.3) is 0 Å². The van der Waals surface area contributed by atoms with E-state index in [2.05, 4.69) is 95.7 Å². The summed E-state index contributed by atoms with van der Waals surface area (Å²) >= 11 is 1.33. The van der Waals surface area contributed by atoms with Crippen LogP contribution in [-0.2, 0) is 110 Å². The van der Waals surface area contributed by atoms with E-state index in [4.69, 9.17) is 56.4 Å². The first-order valence-corrected chi connectivity index (χ1v) is 51.1. The van der Waals surface area contributed by atoms with E-state index in [1.165, 1.54) is 11.8 Å². The summed E-state index contributed by atoms with van der Waals surface area (Å²) in [5.41, 5.74) is 40.9. The zero-order chi connectivity index (χ0) is 111. The zero-order valence-corrected chi connectivity index (χ0v) is 86.4. The van der Waals surface area contributed by atoms with Gasteiger partial charge in [0.1, 0.15) is 90.6 Å². The van der Waals surface area contributed by atoms with Crippen molar-refractivity contribution in [1.29, 1.82) is 16.2 Å². The number of nitrogens with one attached hydrogen (secondary N) is 21.